The number of aromatic nitrogens is 2. The lowest BCUT2D eigenvalue weighted by molar-refractivity contribution is 0.0517. The molecule has 0 radical (unpaired) electrons. The number of ether oxygens (including phenoxy) is 1. The average Bonchev–Trinajstić information content (AvgIpc) is 2.70. The van der Waals surface area contributed by atoms with Gasteiger partial charge in [0.2, 0.25) is 0 Å². The Hall–Kier alpha value is -1.32. The van der Waals surface area contributed by atoms with E-state index in [1.807, 2.05) is 7.05 Å². The van der Waals surface area contributed by atoms with Gasteiger partial charge in [-0.15, -0.1) is 0 Å². The maximum absolute atomic E-state index is 11.5. The Bertz CT molecular complexity index is 368. The average molecular weight is 194 g/mol. The predicted octanol–water partition coefficient (Wildman–Crippen LogP) is 1.09. The fraction of sp³-hybridized carbons (Fsp3) is 0.600. The summed E-state index contributed by atoms with van der Waals surface area (Å²) >= 11 is 0. The lowest BCUT2D eigenvalue weighted by Gasteiger charge is -1.98. The van der Waals surface area contributed by atoms with E-state index in [2.05, 4.69) is 5.10 Å². The highest BCUT2D eigenvalue weighted by Crippen LogP contribution is 2.24. The highest BCUT2D eigenvalue weighted by Gasteiger charge is 2.25. The number of hydrogen-bond donors (Lipinski definition) is 0. The van der Waals surface area contributed by atoms with Gasteiger partial charge in [0.1, 0.15) is 0 Å². The molecule has 0 spiro atoms. The predicted molar refractivity (Wildman–Crippen MR) is 51.2 cm³/mol. The zero-order chi connectivity index (χ0) is 10.1. The largest absolute Gasteiger partial charge is 0.461 e. The molecule has 1 aromatic heterocycles. The molecule has 0 fully saturated rings. The first-order valence-electron chi connectivity index (χ1n) is 4.96. The van der Waals surface area contributed by atoms with Gasteiger partial charge in [-0.25, -0.2) is 4.79 Å². The third-order valence-electron chi connectivity index (χ3n) is 2.58. The maximum atomic E-state index is 11.5. The molecule has 2 rings (SSSR count). The minimum atomic E-state index is -0.286. The molecule has 1 aliphatic carbocycles. The minimum absolute atomic E-state index is 0.286. The number of carbonyl (C=O) groups excluding carboxylic acids is 1. The van der Waals surface area contributed by atoms with E-state index < -0.39 is 0 Å². The summed E-state index contributed by atoms with van der Waals surface area (Å²) in [5, 5.41) is 4.19. The van der Waals surface area contributed by atoms with Gasteiger partial charge in [-0.05, 0) is 26.2 Å². The van der Waals surface area contributed by atoms with Crippen molar-refractivity contribution in [2.75, 3.05) is 6.61 Å². The Balaban J connectivity index is 2.35. The second kappa shape index (κ2) is 3.44. The van der Waals surface area contributed by atoms with Crippen molar-refractivity contribution in [3.05, 3.63) is 17.0 Å². The topological polar surface area (TPSA) is 44.1 Å². The Kier molecular flexibility index (Phi) is 2.27. The van der Waals surface area contributed by atoms with Crippen molar-refractivity contribution in [2.24, 2.45) is 7.05 Å². The molecular weight excluding hydrogens is 180 g/mol. The van der Waals surface area contributed by atoms with E-state index in [1.165, 1.54) is 5.69 Å². The number of rotatable bonds is 2. The third-order valence-corrected chi connectivity index (χ3v) is 2.58. The van der Waals surface area contributed by atoms with Crippen LogP contribution in [0.2, 0.25) is 0 Å². The van der Waals surface area contributed by atoms with Gasteiger partial charge < -0.3 is 4.74 Å². The fourth-order valence-electron chi connectivity index (χ4n) is 1.97. The van der Waals surface area contributed by atoms with E-state index in [4.69, 9.17) is 4.74 Å². The summed E-state index contributed by atoms with van der Waals surface area (Å²) in [6.45, 7) is 2.21. The van der Waals surface area contributed by atoms with E-state index in [0.29, 0.717) is 12.3 Å². The molecule has 0 saturated heterocycles. The first-order chi connectivity index (χ1) is 6.74. The van der Waals surface area contributed by atoms with Crippen LogP contribution in [0.3, 0.4) is 0 Å². The summed E-state index contributed by atoms with van der Waals surface area (Å²) in [4.78, 5) is 11.5. The van der Waals surface area contributed by atoms with Crippen LogP contribution < -0.4 is 0 Å². The molecule has 1 aliphatic rings. The van der Waals surface area contributed by atoms with Crippen LogP contribution in [0.15, 0.2) is 0 Å². The molecule has 0 N–H and O–H groups in total. The van der Waals surface area contributed by atoms with Gasteiger partial charge in [0.05, 0.1) is 6.61 Å². The van der Waals surface area contributed by atoms with E-state index in [0.717, 1.165) is 24.8 Å². The molecule has 0 saturated carbocycles. The second-order valence-electron chi connectivity index (χ2n) is 3.47. The highest BCUT2D eigenvalue weighted by atomic mass is 16.5. The van der Waals surface area contributed by atoms with Gasteiger partial charge in [-0.2, -0.15) is 5.10 Å². The highest BCUT2D eigenvalue weighted by molar-refractivity contribution is 5.89. The standard InChI is InChI=1S/C10H14N2O2/c1-3-14-10(13)9-7-5-4-6-8(7)12(2)11-9/h3-6H2,1-2H3. The molecule has 0 atom stereocenters. The van der Waals surface area contributed by atoms with Crippen molar-refractivity contribution < 1.29 is 9.53 Å². The molecule has 4 nitrogen and oxygen atoms in total. The SMILES string of the molecule is CCOC(=O)c1nn(C)c2c1CCC2. The maximum Gasteiger partial charge on any atom is 0.359 e. The van der Waals surface area contributed by atoms with Crippen LogP contribution in [0.25, 0.3) is 0 Å². The number of carbonyl (C=O) groups is 1. The van der Waals surface area contributed by atoms with Crippen LogP contribution in [0.5, 0.6) is 0 Å². The van der Waals surface area contributed by atoms with Gasteiger partial charge in [0.25, 0.3) is 0 Å². The molecule has 0 unspecified atom stereocenters. The fourth-order valence-corrected chi connectivity index (χ4v) is 1.97. The Morgan fingerprint density at radius 2 is 2.36 bits per heavy atom. The van der Waals surface area contributed by atoms with Gasteiger partial charge >= 0.3 is 5.97 Å². The van der Waals surface area contributed by atoms with Crippen molar-refractivity contribution >= 4 is 5.97 Å². The van der Waals surface area contributed by atoms with Crippen LogP contribution in [0.4, 0.5) is 0 Å². The van der Waals surface area contributed by atoms with Gasteiger partial charge in [-0.3, -0.25) is 4.68 Å². The van der Waals surface area contributed by atoms with Crippen molar-refractivity contribution in [1.82, 2.24) is 9.78 Å². The Labute approximate surface area is 82.9 Å². The van der Waals surface area contributed by atoms with Crippen molar-refractivity contribution in [3.63, 3.8) is 0 Å². The number of hydrogen-bond acceptors (Lipinski definition) is 3. The number of aryl methyl sites for hydroxylation is 1. The third kappa shape index (κ3) is 1.31. The summed E-state index contributed by atoms with van der Waals surface area (Å²) in [6, 6.07) is 0. The number of fused-ring (bicyclic) bond motifs is 1. The molecule has 0 amide bonds. The molecule has 1 aromatic rings. The summed E-state index contributed by atoms with van der Waals surface area (Å²) in [7, 11) is 1.88. The molecule has 0 aliphatic heterocycles. The van der Waals surface area contributed by atoms with Gasteiger partial charge in [0, 0.05) is 18.3 Å². The quantitative estimate of drug-likeness (QED) is 0.662. The lowest BCUT2D eigenvalue weighted by atomic mass is 10.2. The first-order valence-corrected chi connectivity index (χ1v) is 4.96. The van der Waals surface area contributed by atoms with Crippen LogP contribution in [0, 0.1) is 0 Å². The zero-order valence-corrected chi connectivity index (χ0v) is 8.54. The Morgan fingerprint density at radius 1 is 1.57 bits per heavy atom. The van der Waals surface area contributed by atoms with Crippen LogP contribution in [-0.2, 0) is 24.6 Å². The normalized spacial score (nSPS) is 14.1. The molecule has 0 bridgehead atoms. The zero-order valence-electron chi connectivity index (χ0n) is 8.54. The molecule has 0 aromatic carbocycles. The van der Waals surface area contributed by atoms with Crippen molar-refractivity contribution in [1.29, 1.82) is 0 Å². The Morgan fingerprint density at radius 3 is 3.07 bits per heavy atom. The molecular formula is C10H14N2O2. The van der Waals surface area contributed by atoms with Crippen LogP contribution >= 0.6 is 0 Å². The van der Waals surface area contributed by atoms with Gasteiger partial charge in [-0.1, -0.05) is 0 Å². The van der Waals surface area contributed by atoms with Gasteiger partial charge in [0.15, 0.2) is 5.69 Å². The van der Waals surface area contributed by atoms with E-state index in [-0.39, 0.29) is 5.97 Å². The van der Waals surface area contributed by atoms with E-state index in [9.17, 15) is 4.79 Å². The molecule has 4 heteroatoms. The molecule has 14 heavy (non-hydrogen) atoms. The summed E-state index contributed by atoms with van der Waals surface area (Å²) in [5.74, 6) is -0.286. The lowest BCUT2D eigenvalue weighted by Crippen LogP contribution is -2.08. The number of nitrogens with zero attached hydrogens (tertiary/aromatic N) is 2. The summed E-state index contributed by atoms with van der Waals surface area (Å²) < 4.78 is 6.75. The van der Waals surface area contributed by atoms with Crippen LogP contribution in [-0.4, -0.2) is 22.4 Å². The smallest absolute Gasteiger partial charge is 0.359 e. The first kappa shape index (κ1) is 9.24. The van der Waals surface area contributed by atoms with Crippen LogP contribution in [0.1, 0.15) is 35.1 Å². The molecule has 1 heterocycles. The summed E-state index contributed by atoms with van der Waals surface area (Å²) in [5.41, 5.74) is 2.79. The monoisotopic (exact) mass is 194 g/mol. The summed E-state index contributed by atoms with van der Waals surface area (Å²) in [6.07, 6.45) is 3.10. The minimum Gasteiger partial charge on any atom is -0.461 e. The molecule has 76 valence electrons. The number of esters is 1. The van der Waals surface area contributed by atoms with E-state index >= 15 is 0 Å². The van der Waals surface area contributed by atoms with Crippen molar-refractivity contribution in [3.8, 4) is 0 Å². The van der Waals surface area contributed by atoms with E-state index in [1.54, 1.807) is 11.6 Å². The van der Waals surface area contributed by atoms with Crippen molar-refractivity contribution in [2.45, 2.75) is 26.2 Å². The second-order valence-corrected chi connectivity index (χ2v) is 3.47.